The molecule has 0 aliphatic carbocycles. The molecule has 10 heteroatoms. The van der Waals surface area contributed by atoms with Crippen LogP contribution in [-0.4, -0.2) is 45.4 Å². The number of para-hydroxylation sites is 1. The summed E-state index contributed by atoms with van der Waals surface area (Å²) in [5.74, 6) is -0.685. The minimum Gasteiger partial charge on any atom is -0.355 e. The normalized spacial score (nSPS) is 18.0. The van der Waals surface area contributed by atoms with Crippen molar-refractivity contribution in [2.75, 3.05) is 29.4 Å². The van der Waals surface area contributed by atoms with Crippen LogP contribution in [0, 0.1) is 5.92 Å². The molecule has 1 aromatic carbocycles. The van der Waals surface area contributed by atoms with Crippen molar-refractivity contribution in [3.8, 4) is 0 Å². The summed E-state index contributed by atoms with van der Waals surface area (Å²) in [5.41, 5.74) is 2.27. The first-order chi connectivity index (χ1) is 15.4. The van der Waals surface area contributed by atoms with Gasteiger partial charge in [-0.05, 0) is 55.9 Å². The quantitative estimate of drug-likeness (QED) is 0.603. The number of anilines is 2. The number of carbonyl (C=O) groups is 1. The van der Waals surface area contributed by atoms with E-state index in [0.29, 0.717) is 31.7 Å². The predicted molar refractivity (Wildman–Crippen MR) is 112 cm³/mol. The van der Waals surface area contributed by atoms with E-state index in [2.05, 4.69) is 21.4 Å². The van der Waals surface area contributed by atoms with Crippen LogP contribution in [0.2, 0.25) is 0 Å². The molecular weight excluding hydrogens is 421 g/mol. The van der Waals surface area contributed by atoms with Crippen LogP contribution in [0.15, 0.2) is 36.4 Å². The molecule has 4 heterocycles. The molecule has 7 nitrogen and oxygen atoms in total. The maximum Gasteiger partial charge on any atom is 0.453 e. The highest BCUT2D eigenvalue weighted by Crippen LogP contribution is 2.31. The first kappa shape index (κ1) is 20.7. The van der Waals surface area contributed by atoms with Gasteiger partial charge in [0.1, 0.15) is 5.82 Å². The Morgan fingerprint density at radius 2 is 1.75 bits per heavy atom. The number of carbonyl (C=O) groups excluding carboxylic acids is 1. The van der Waals surface area contributed by atoms with Crippen LogP contribution in [0.1, 0.15) is 37.1 Å². The average Bonchev–Trinajstić information content (AvgIpc) is 3.12. The fourth-order valence-corrected chi connectivity index (χ4v) is 4.62. The van der Waals surface area contributed by atoms with Crippen molar-refractivity contribution in [1.29, 1.82) is 0 Å². The van der Waals surface area contributed by atoms with E-state index in [1.165, 1.54) is 11.6 Å². The molecule has 1 amide bonds. The number of rotatable bonds is 2. The van der Waals surface area contributed by atoms with Gasteiger partial charge >= 0.3 is 6.18 Å². The van der Waals surface area contributed by atoms with E-state index in [4.69, 9.17) is 0 Å². The average molecular weight is 444 g/mol. The summed E-state index contributed by atoms with van der Waals surface area (Å²) in [7, 11) is 0. The molecule has 32 heavy (non-hydrogen) atoms. The van der Waals surface area contributed by atoms with Gasteiger partial charge in [0, 0.05) is 31.2 Å². The Bertz CT molecular complexity index is 1140. The third kappa shape index (κ3) is 3.78. The number of fused-ring (bicyclic) bond motifs is 2. The smallest absolute Gasteiger partial charge is 0.355 e. The van der Waals surface area contributed by atoms with E-state index >= 15 is 0 Å². The van der Waals surface area contributed by atoms with Crippen LogP contribution in [0.25, 0.3) is 5.65 Å². The molecule has 2 aliphatic rings. The van der Waals surface area contributed by atoms with Gasteiger partial charge in [-0.15, -0.1) is 15.3 Å². The van der Waals surface area contributed by atoms with Gasteiger partial charge in [0.2, 0.25) is 5.91 Å². The Hall–Kier alpha value is -3.17. The Labute approximate surface area is 182 Å². The number of nitrogens with zero attached hydrogens (tertiary/aromatic N) is 6. The zero-order valence-electron chi connectivity index (χ0n) is 17.4. The second-order valence-electron chi connectivity index (χ2n) is 8.32. The fraction of sp³-hybridized carbons (Fsp3) is 0.455. The van der Waals surface area contributed by atoms with Gasteiger partial charge in [-0.25, -0.2) is 0 Å². The SMILES string of the molecule is O=C(C1CCN(c2ccc3nnc(C(F)(F)F)n3n2)CC1)N1CCCCc2ccccc21. The summed E-state index contributed by atoms with van der Waals surface area (Å²) in [5, 5.41) is 10.9. The number of piperidine rings is 1. The van der Waals surface area contributed by atoms with Crippen molar-refractivity contribution in [3.63, 3.8) is 0 Å². The monoisotopic (exact) mass is 444 g/mol. The molecule has 0 unspecified atom stereocenters. The molecule has 1 fully saturated rings. The Morgan fingerprint density at radius 3 is 2.53 bits per heavy atom. The maximum atomic E-state index is 13.4. The Balaban J connectivity index is 1.31. The lowest BCUT2D eigenvalue weighted by Gasteiger charge is -2.35. The Kier molecular flexibility index (Phi) is 5.22. The molecule has 0 atom stereocenters. The number of hydrogen-bond donors (Lipinski definition) is 0. The summed E-state index contributed by atoms with van der Waals surface area (Å²) < 4.78 is 40.2. The van der Waals surface area contributed by atoms with E-state index in [0.717, 1.165) is 36.0 Å². The van der Waals surface area contributed by atoms with E-state index in [9.17, 15) is 18.0 Å². The summed E-state index contributed by atoms with van der Waals surface area (Å²) in [6.07, 6.45) is -0.347. The number of halogens is 3. The zero-order chi connectivity index (χ0) is 22.3. The van der Waals surface area contributed by atoms with Crippen molar-refractivity contribution in [1.82, 2.24) is 19.8 Å². The van der Waals surface area contributed by atoms with Gasteiger partial charge in [-0.3, -0.25) is 4.79 Å². The number of aromatic nitrogens is 4. The molecule has 1 saturated heterocycles. The van der Waals surface area contributed by atoms with Crippen LogP contribution < -0.4 is 9.80 Å². The summed E-state index contributed by atoms with van der Waals surface area (Å²) in [6, 6.07) is 11.2. The summed E-state index contributed by atoms with van der Waals surface area (Å²) in [4.78, 5) is 17.2. The molecule has 0 N–H and O–H groups in total. The van der Waals surface area contributed by atoms with Crippen LogP contribution in [0.3, 0.4) is 0 Å². The van der Waals surface area contributed by atoms with Crippen LogP contribution in [0.5, 0.6) is 0 Å². The van der Waals surface area contributed by atoms with Crippen molar-refractivity contribution in [2.24, 2.45) is 5.92 Å². The van der Waals surface area contributed by atoms with Crippen LogP contribution >= 0.6 is 0 Å². The number of hydrogen-bond acceptors (Lipinski definition) is 5. The molecule has 168 valence electrons. The first-order valence-corrected chi connectivity index (χ1v) is 10.9. The van der Waals surface area contributed by atoms with Gasteiger partial charge in [-0.2, -0.15) is 17.7 Å². The second kappa shape index (κ2) is 8.07. The van der Waals surface area contributed by atoms with Crippen LogP contribution in [-0.2, 0) is 17.4 Å². The molecule has 0 bridgehead atoms. The standard InChI is InChI=1S/C22H23F3N6O/c23-22(24,25)21-27-26-18-8-9-19(28-31(18)21)29-13-10-16(11-14-29)20(32)30-12-4-3-6-15-5-1-2-7-17(15)30/h1-2,5,7-9,16H,3-4,6,10-14H2. The lowest BCUT2D eigenvalue weighted by molar-refractivity contribution is -0.146. The van der Waals surface area contributed by atoms with Crippen LogP contribution in [0.4, 0.5) is 24.7 Å². The highest BCUT2D eigenvalue weighted by molar-refractivity contribution is 5.96. The topological polar surface area (TPSA) is 66.6 Å². The molecular formula is C22H23F3N6O. The second-order valence-corrected chi connectivity index (χ2v) is 8.32. The minimum absolute atomic E-state index is 0.0472. The number of amides is 1. The zero-order valence-corrected chi connectivity index (χ0v) is 17.4. The maximum absolute atomic E-state index is 13.4. The van der Waals surface area contributed by atoms with Crippen molar-refractivity contribution in [3.05, 3.63) is 47.8 Å². The fourth-order valence-electron chi connectivity index (χ4n) is 4.62. The number of aryl methyl sites for hydroxylation is 1. The third-order valence-electron chi connectivity index (χ3n) is 6.30. The van der Waals surface area contributed by atoms with Crippen molar-refractivity contribution >= 4 is 23.1 Å². The highest BCUT2D eigenvalue weighted by atomic mass is 19.4. The highest BCUT2D eigenvalue weighted by Gasteiger charge is 2.38. The molecule has 0 radical (unpaired) electrons. The van der Waals surface area contributed by atoms with Gasteiger partial charge in [0.05, 0.1) is 0 Å². The van der Waals surface area contributed by atoms with Gasteiger partial charge in [0.25, 0.3) is 5.82 Å². The molecule has 2 aromatic heterocycles. The summed E-state index contributed by atoms with van der Waals surface area (Å²) >= 11 is 0. The van der Waals surface area contributed by atoms with Crippen molar-refractivity contribution < 1.29 is 18.0 Å². The number of benzene rings is 1. The predicted octanol–water partition coefficient (Wildman–Crippen LogP) is 3.73. The van der Waals surface area contributed by atoms with Gasteiger partial charge in [-0.1, -0.05) is 18.2 Å². The molecule has 0 spiro atoms. The van der Waals surface area contributed by atoms with E-state index in [1.54, 1.807) is 6.07 Å². The molecule has 3 aromatic rings. The van der Waals surface area contributed by atoms with Gasteiger partial charge in [0.15, 0.2) is 5.65 Å². The van der Waals surface area contributed by atoms with E-state index < -0.39 is 12.0 Å². The Morgan fingerprint density at radius 1 is 0.969 bits per heavy atom. The summed E-state index contributed by atoms with van der Waals surface area (Å²) in [6.45, 7) is 1.82. The van der Waals surface area contributed by atoms with Gasteiger partial charge < -0.3 is 9.80 Å². The molecule has 0 saturated carbocycles. The number of alkyl halides is 3. The third-order valence-corrected chi connectivity index (χ3v) is 6.30. The lowest BCUT2D eigenvalue weighted by Crippen LogP contribution is -2.43. The van der Waals surface area contributed by atoms with E-state index in [-0.39, 0.29) is 17.5 Å². The largest absolute Gasteiger partial charge is 0.453 e. The van der Waals surface area contributed by atoms with Crippen molar-refractivity contribution in [2.45, 2.75) is 38.3 Å². The first-order valence-electron chi connectivity index (χ1n) is 10.9. The molecule has 5 rings (SSSR count). The lowest BCUT2D eigenvalue weighted by atomic mass is 9.94. The molecule has 2 aliphatic heterocycles. The van der Waals surface area contributed by atoms with E-state index in [1.807, 2.05) is 28.0 Å². The minimum atomic E-state index is -4.63.